The Bertz CT molecular complexity index is 1130. The largest absolute Gasteiger partial charge is 0.345 e. The van der Waals surface area contributed by atoms with Crippen LogP contribution in [0.2, 0.25) is 0 Å². The Balaban J connectivity index is 1.68. The van der Waals surface area contributed by atoms with Gasteiger partial charge >= 0.3 is 0 Å². The van der Waals surface area contributed by atoms with Gasteiger partial charge in [0.15, 0.2) is 0 Å². The van der Waals surface area contributed by atoms with E-state index in [0.29, 0.717) is 11.3 Å². The number of carbonyl (C=O) groups is 1. The first-order chi connectivity index (χ1) is 14.4. The highest BCUT2D eigenvalue weighted by Crippen LogP contribution is 2.54. The van der Waals surface area contributed by atoms with Gasteiger partial charge in [-0.3, -0.25) is 9.78 Å². The van der Waals surface area contributed by atoms with Gasteiger partial charge in [0, 0.05) is 56.0 Å². The molecule has 4 rings (SSSR count). The van der Waals surface area contributed by atoms with Gasteiger partial charge in [-0.15, -0.1) is 0 Å². The minimum atomic E-state index is -0.0581. The smallest absolute Gasteiger partial charge is 0.254 e. The SMILES string of the molecule is C=Cc1nc(C2CC2c2nc(-c3ccccc3)cn2C)cc(C(=O)N(C)C)c1C=C. The first kappa shape index (κ1) is 19.8. The number of carbonyl (C=O) groups excluding carboxylic acids is 1. The average molecular weight is 399 g/mol. The van der Waals surface area contributed by atoms with Gasteiger partial charge in [0.05, 0.1) is 17.0 Å². The van der Waals surface area contributed by atoms with Gasteiger partial charge in [0.25, 0.3) is 5.91 Å². The molecule has 2 heterocycles. The third-order valence-corrected chi connectivity index (χ3v) is 5.63. The van der Waals surface area contributed by atoms with Gasteiger partial charge in [-0.2, -0.15) is 0 Å². The Labute approximate surface area is 177 Å². The third kappa shape index (κ3) is 3.47. The zero-order valence-electron chi connectivity index (χ0n) is 17.7. The highest BCUT2D eigenvalue weighted by atomic mass is 16.2. The zero-order chi connectivity index (χ0) is 21.4. The van der Waals surface area contributed by atoms with Crippen LogP contribution in [0, 0.1) is 0 Å². The number of nitrogens with zero attached hydrogens (tertiary/aromatic N) is 4. The van der Waals surface area contributed by atoms with Crippen molar-refractivity contribution in [2.45, 2.75) is 18.3 Å². The van der Waals surface area contributed by atoms with Crippen LogP contribution in [0.3, 0.4) is 0 Å². The number of aryl methyl sites for hydroxylation is 1. The van der Waals surface area contributed by atoms with Crippen LogP contribution in [0.25, 0.3) is 23.4 Å². The maximum atomic E-state index is 12.8. The Hall–Kier alpha value is -3.47. The van der Waals surface area contributed by atoms with Gasteiger partial charge in [0.2, 0.25) is 0 Å². The minimum absolute atomic E-state index is 0.0581. The van der Waals surface area contributed by atoms with Gasteiger partial charge < -0.3 is 9.47 Å². The number of benzene rings is 1. The summed E-state index contributed by atoms with van der Waals surface area (Å²) in [6, 6.07) is 12.1. The zero-order valence-corrected chi connectivity index (χ0v) is 17.7. The summed E-state index contributed by atoms with van der Waals surface area (Å²) in [7, 11) is 5.54. The molecule has 0 radical (unpaired) electrons. The fourth-order valence-corrected chi connectivity index (χ4v) is 3.95. The topological polar surface area (TPSA) is 51.0 Å². The summed E-state index contributed by atoms with van der Waals surface area (Å²) >= 11 is 0. The summed E-state index contributed by atoms with van der Waals surface area (Å²) < 4.78 is 2.10. The summed E-state index contributed by atoms with van der Waals surface area (Å²) in [5.41, 5.74) is 5.04. The first-order valence-corrected chi connectivity index (χ1v) is 10.0. The van der Waals surface area contributed by atoms with Crippen LogP contribution in [0.5, 0.6) is 0 Å². The Kier molecular flexibility index (Phi) is 5.12. The fraction of sp³-hybridized carbons (Fsp3) is 0.240. The number of rotatable bonds is 6. The van der Waals surface area contributed by atoms with Crippen LogP contribution in [0.15, 0.2) is 55.8 Å². The molecule has 30 heavy (non-hydrogen) atoms. The number of hydrogen-bond acceptors (Lipinski definition) is 3. The predicted octanol–water partition coefficient (Wildman–Crippen LogP) is 4.74. The summed E-state index contributed by atoms with van der Waals surface area (Å²) in [4.78, 5) is 24.0. The van der Waals surface area contributed by atoms with E-state index in [0.717, 1.165) is 34.8 Å². The van der Waals surface area contributed by atoms with Crippen molar-refractivity contribution in [2.24, 2.45) is 7.05 Å². The number of pyridine rings is 1. The molecule has 3 aromatic rings. The molecule has 0 N–H and O–H groups in total. The Morgan fingerprint density at radius 2 is 1.87 bits per heavy atom. The molecular formula is C25H26N4O. The highest BCUT2D eigenvalue weighted by Gasteiger charge is 2.44. The number of aromatic nitrogens is 3. The predicted molar refractivity (Wildman–Crippen MR) is 121 cm³/mol. The third-order valence-electron chi connectivity index (χ3n) is 5.63. The molecule has 1 saturated carbocycles. The van der Waals surface area contributed by atoms with Crippen molar-refractivity contribution >= 4 is 18.1 Å². The van der Waals surface area contributed by atoms with E-state index in [-0.39, 0.29) is 17.7 Å². The van der Waals surface area contributed by atoms with Crippen molar-refractivity contribution in [3.63, 3.8) is 0 Å². The maximum absolute atomic E-state index is 12.8. The lowest BCUT2D eigenvalue weighted by Gasteiger charge is -2.15. The molecule has 152 valence electrons. The van der Waals surface area contributed by atoms with Gasteiger partial charge in [-0.05, 0) is 18.6 Å². The monoisotopic (exact) mass is 398 g/mol. The van der Waals surface area contributed by atoms with E-state index >= 15 is 0 Å². The minimum Gasteiger partial charge on any atom is -0.345 e. The molecule has 1 amide bonds. The van der Waals surface area contributed by atoms with Crippen molar-refractivity contribution in [3.05, 3.63) is 84.1 Å². The molecule has 1 fully saturated rings. The first-order valence-electron chi connectivity index (χ1n) is 10.0. The van der Waals surface area contributed by atoms with Crippen LogP contribution in [-0.4, -0.2) is 39.4 Å². The molecule has 0 saturated heterocycles. The molecule has 5 nitrogen and oxygen atoms in total. The molecule has 0 aliphatic heterocycles. The lowest BCUT2D eigenvalue weighted by atomic mass is 10.0. The van der Waals surface area contributed by atoms with Crippen LogP contribution in [-0.2, 0) is 7.05 Å². The van der Waals surface area contributed by atoms with Crippen LogP contribution in [0.1, 0.15) is 51.4 Å². The number of amides is 1. The van der Waals surface area contributed by atoms with Gasteiger partial charge in [-0.25, -0.2) is 4.98 Å². The molecule has 0 bridgehead atoms. The van der Waals surface area contributed by atoms with E-state index in [9.17, 15) is 4.79 Å². The molecule has 1 aromatic carbocycles. The van der Waals surface area contributed by atoms with Crippen molar-refractivity contribution in [2.75, 3.05) is 14.1 Å². The molecule has 5 heteroatoms. The van der Waals surface area contributed by atoms with Crippen molar-refractivity contribution in [1.29, 1.82) is 0 Å². The summed E-state index contributed by atoms with van der Waals surface area (Å²) in [5, 5.41) is 0. The second kappa shape index (κ2) is 7.75. The molecule has 1 aliphatic rings. The summed E-state index contributed by atoms with van der Waals surface area (Å²) in [6.07, 6.45) is 6.41. The highest BCUT2D eigenvalue weighted by molar-refractivity contribution is 5.98. The van der Waals surface area contributed by atoms with E-state index in [4.69, 9.17) is 9.97 Å². The normalized spacial score (nSPS) is 17.4. The van der Waals surface area contributed by atoms with Gasteiger partial charge in [-0.1, -0.05) is 49.6 Å². The lowest BCUT2D eigenvalue weighted by Crippen LogP contribution is -2.23. The van der Waals surface area contributed by atoms with E-state index in [1.165, 1.54) is 0 Å². The number of hydrogen-bond donors (Lipinski definition) is 0. The average Bonchev–Trinajstić information content (AvgIpc) is 3.46. The quantitative estimate of drug-likeness (QED) is 0.603. The Morgan fingerprint density at radius 3 is 2.50 bits per heavy atom. The van der Waals surface area contributed by atoms with Crippen molar-refractivity contribution in [1.82, 2.24) is 19.4 Å². The summed E-state index contributed by atoms with van der Waals surface area (Å²) in [5.74, 6) is 1.52. The van der Waals surface area contributed by atoms with E-state index in [2.05, 4.69) is 36.1 Å². The molecule has 2 atom stereocenters. The molecule has 2 unspecified atom stereocenters. The van der Waals surface area contributed by atoms with E-state index < -0.39 is 0 Å². The number of imidazole rings is 1. The van der Waals surface area contributed by atoms with Crippen LogP contribution >= 0.6 is 0 Å². The standard InChI is InChI=1S/C25H26N4O/c1-6-17-20(25(30)28(3)4)14-22(26-21(17)7-2)18-13-19(18)24-27-23(15-29(24)5)16-11-9-8-10-12-16/h6-12,14-15,18-19H,1-2,13H2,3-5H3. The fourth-order valence-electron chi connectivity index (χ4n) is 3.95. The van der Waals surface area contributed by atoms with Gasteiger partial charge in [0.1, 0.15) is 5.82 Å². The summed E-state index contributed by atoms with van der Waals surface area (Å²) in [6.45, 7) is 7.75. The second-order valence-corrected chi connectivity index (χ2v) is 7.91. The van der Waals surface area contributed by atoms with E-state index in [1.54, 1.807) is 31.1 Å². The lowest BCUT2D eigenvalue weighted by molar-refractivity contribution is 0.0827. The molecule has 2 aromatic heterocycles. The molecule has 1 aliphatic carbocycles. The van der Waals surface area contributed by atoms with E-state index in [1.807, 2.05) is 31.3 Å². The molecular weight excluding hydrogens is 372 g/mol. The van der Waals surface area contributed by atoms with Crippen LogP contribution in [0.4, 0.5) is 0 Å². The van der Waals surface area contributed by atoms with Crippen molar-refractivity contribution < 1.29 is 4.79 Å². The van der Waals surface area contributed by atoms with Crippen molar-refractivity contribution in [3.8, 4) is 11.3 Å². The molecule has 0 spiro atoms. The maximum Gasteiger partial charge on any atom is 0.254 e. The Morgan fingerprint density at radius 1 is 1.13 bits per heavy atom. The second-order valence-electron chi connectivity index (χ2n) is 7.91. The van der Waals surface area contributed by atoms with Crippen LogP contribution < -0.4 is 0 Å².